The lowest BCUT2D eigenvalue weighted by molar-refractivity contribution is -0.265. The Labute approximate surface area is 140 Å². The Bertz CT molecular complexity index is 790. The molecule has 5 rings (SSSR count). The highest BCUT2D eigenvalue weighted by atomic mass is 17.2. The van der Waals surface area contributed by atoms with E-state index in [4.69, 9.17) is 14.5 Å². The van der Waals surface area contributed by atoms with Crippen LogP contribution in [0, 0.1) is 0 Å². The van der Waals surface area contributed by atoms with Gasteiger partial charge in [-0.1, -0.05) is 48.5 Å². The first-order chi connectivity index (χ1) is 11.8. The smallest absolute Gasteiger partial charge is 0.334 e. The summed E-state index contributed by atoms with van der Waals surface area (Å²) in [5.74, 6) is -0.430. The lowest BCUT2D eigenvalue weighted by Crippen LogP contribution is -2.33. The predicted molar refractivity (Wildman–Crippen MR) is 88.6 cm³/mol. The van der Waals surface area contributed by atoms with Crippen LogP contribution in [0.3, 0.4) is 0 Å². The quantitative estimate of drug-likeness (QED) is 0.492. The Morgan fingerprint density at radius 2 is 1.38 bits per heavy atom. The van der Waals surface area contributed by atoms with E-state index in [2.05, 4.69) is 24.3 Å². The van der Waals surface area contributed by atoms with E-state index in [0.717, 1.165) is 5.57 Å². The molecule has 2 bridgehead atoms. The van der Waals surface area contributed by atoms with Crippen molar-refractivity contribution in [2.45, 2.75) is 11.8 Å². The molecule has 4 heteroatoms. The van der Waals surface area contributed by atoms with Crippen LogP contribution in [0.2, 0.25) is 0 Å². The summed E-state index contributed by atoms with van der Waals surface area (Å²) in [5, 5.41) is 0. The van der Waals surface area contributed by atoms with Gasteiger partial charge in [0.15, 0.2) is 0 Å². The van der Waals surface area contributed by atoms with Gasteiger partial charge in [0, 0.05) is 11.8 Å². The molecular formula is C20H18O4. The van der Waals surface area contributed by atoms with Gasteiger partial charge in [0.25, 0.3) is 0 Å². The number of hydrogen-bond donors (Lipinski definition) is 0. The van der Waals surface area contributed by atoms with E-state index in [1.165, 1.54) is 36.5 Å². The van der Waals surface area contributed by atoms with E-state index >= 15 is 0 Å². The van der Waals surface area contributed by atoms with Gasteiger partial charge in [0.2, 0.25) is 0 Å². The highest BCUT2D eigenvalue weighted by Crippen LogP contribution is 2.55. The standard InChI is InChI=1S/C20H18O4/c1-22-20(21)19-16(11-24-23-2)17-12-7-3-5-9-14(12)18(19)15-10-6-4-8-13(15)17/h3-10,17-18H,11H2,1-2H3. The van der Waals surface area contributed by atoms with E-state index < -0.39 is 0 Å². The molecule has 0 spiro atoms. The van der Waals surface area contributed by atoms with Crippen LogP contribution in [0.5, 0.6) is 0 Å². The summed E-state index contributed by atoms with van der Waals surface area (Å²) in [7, 11) is 2.89. The summed E-state index contributed by atoms with van der Waals surface area (Å²) in [6.45, 7) is 0.241. The van der Waals surface area contributed by atoms with Crippen LogP contribution in [0.15, 0.2) is 59.7 Å². The number of rotatable bonds is 4. The fraction of sp³-hybridized carbons (Fsp3) is 0.250. The first-order valence-corrected chi connectivity index (χ1v) is 7.92. The van der Waals surface area contributed by atoms with Crippen LogP contribution in [0.25, 0.3) is 0 Å². The maximum atomic E-state index is 12.6. The minimum absolute atomic E-state index is 0.00773. The summed E-state index contributed by atoms with van der Waals surface area (Å²) in [6.07, 6.45) is 0. The monoisotopic (exact) mass is 322 g/mol. The second-order valence-corrected chi connectivity index (χ2v) is 5.98. The highest BCUT2D eigenvalue weighted by molar-refractivity contribution is 5.95. The zero-order chi connectivity index (χ0) is 16.7. The Balaban J connectivity index is 1.99. The Kier molecular flexibility index (Phi) is 3.71. The van der Waals surface area contributed by atoms with Crippen LogP contribution in [0.4, 0.5) is 0 Å². The van der Waals surface area contributed by atoms with Gasteiger partial charge in [-0.05, 0) is 27.8 Å². The van der Waals surface area contributed by atoms with Crippen LogP contribution in [-0.2, 0) is 19.3 Å². The van der Waals surface area contributed by atoms with Crippen molar-refractivity contribution in [3.8, 4) is 0 Å². The van der Waals surface area contributed by atoms with Crippen LogP contribution in [-0.4, -0.2) is 26.8 Å². The van der Waals surface area contributed by atoms with Gasteiger partial charge in [-0.15, -0.1) is 0 Å². The predicted octanol–water partition coefficient (Wildman–Crippen LogP) is 3.33. The van der Waals surface area contributed by atoms with Gasteiger partial charge in [0.05, 0.1) is 19.8 Å². The fourth-order valence-electron chi connectivity index (χ4n) is 4.08. The summed E-state index contributed by atoms with van der Waals surface area (Å²) < 4.78 is 5.09. The number of ether oxygens (including phenoxy) is 1. The van der Waals surface area contributed by atoms with Gasteiger partial charge in [-0.2, -0.15) is 0 Å². The molecule has 0 aliphatic heterocycles. The molecule has 3 aliphatic carbocycles. The fourth-order valence-corrected chi connectivity index (χ4v) is 4.08. The van der Waals surface area contributed by atoms with Crippen molar-refractivity contribution in [2.75, 3.05) is 20.8 Å². The highest BCUT2D eigenvalue weighted by Gasteiger charge is 2.45. The number of benzene rings is 2. The van der Waals surface area contributed by atoms with Crippen molar-refractivity contribution < 1.29 is 19.3 Å². The summed E-state index contributed by atoms with van der Waals surface area (Å²) in [6, 6.07) is 16.6. The molecule has 0 heterocycles. The number of carbonyl (C=O) groups is 1. The van der Waals surface area contributed by atoms with Crippen molar-refractivity contribution in [3.63, 3.8) is 0 Å². The molecule has 0 aromatic heterocycles. The van der Waals surface area contributed by atoms with Crippen molar-refractivity contribution in [2.24, 2.45) is 0 Å². The zero-order valence-corrected chi connectivity index (χ0v) is 13.6. The van der Waals surface area contributed by atoms with Gasteiger partial charge in [0.1, 0.15) is 6.61 Å². The van der Waals surface area contributed by atoms with E-state index in [1.54, 1.807) is 0 Å². The minimum Gasteiger partial charge on any atom is -0.466 e. The first-order valence-electron chi connectivity index (χ1n) is 7.92. The molecule has 24 heavy (non-hydrogen) atoms. The molecule has 0 saturated carbocycles. The zero-order valence-electron chi connectivity index (χ0n) is 13.6. The van der Waals surface area contributed by atoms with Crippen molar-refractivity contribution in [3.05, 3.63) is 81.9 Å². The number of esters is 1. The minimum atomic E-state index is -0.302. The topological polar surface area (TPSA) is 44.8 Å². The maximum absolute atomic E-state index is 12.6. The van der Waals surface area contributed by atoms with Crippen molar-refractivity contribution >= 4 is 5.97 Å². The number of methoxy groups -OCH3 is 1. The Morgan fingerprint density at radius 3 is 1.83 bits per heavy atom. The summed E-state index contributed by atoms with van der Waals surface area (Å²) in [4.78, 5) is 22.6. The van der Waals surface area contributed by atoms with Gasteiger partial charge >= 0.3 is 5.97 Å². The molecule has 0 unspecified atom stereocenters. The average molecular weight is 322 g/mol. The lowest BCUT2D eigenvalue weighted by atomic mass is 9.61. The van der Waals surface area contributed by atoms with Crippen LogP contribution in [0.1, 0.15) is 34.1 Å². The van der Waals surface area contributed by atoms with Gasteiger partial charge < -0.3 is 4.74 Å². The molecule has 0 atom stereocenters. The maximum Gasteiger partial charge on any atom is 0.334 e. The summed E-state index contributed by atoms with van der Waals surface area (Å²) >= 11 is 0. The molecule has 2 aromatic carbocycles. The summed E-state index contributed by atoms with van der Waals surface area (Å²) in [5.41, 5.74) is 6.39. The number of hydrogen-bond acceptors (Lipinski definition) is 4. The molecule has 0 fully saturated rings. The second-order valence-electron chi connectivity index (χ2n) is 5.98. The third-order valence-electron chi connectivity index (χ3n) is 4.96. The molecular weight excluding hydrogens is 304 g/mol. The van der Waals surface area contributed by atoms with E-state index in [1.807, 2.05) is 24.3 Å². The SMILES string of the molecule is COOCC1=C(C(=O)OC)C2c3ccccc3C1c1ccccc12. The van der Waals surface area contributed by atoms with Crippen molar-refractivity contribution in [1.29, 1.82) is 0 Å². The number of carbonyl (C=O) groups excluding carboxylic acids is 1. The van der Waals surface area contributed by atoms with Crippen LogP contribution >= 0.6 is 0 Å². The van der Waals surface area contributed by atoms with E-state index in [0.29, 0.717) is 5.57 Å². The molecule has 3 aliphatic rings. The Hall–Kier alpha value is -2.43. The molecule has 0 amide bonds. The molecule has 0 saturated heterocycles. The Morgan fingerprint density at radius 1 is 0.875 bits per heavy atom. The molecule has 0 radical (unpaired) electrons. The second kappa shape index (κ2) is 5.89. The third-order valence-corrected chi connectivity index (χ3v) is 4.96. The normalized spacial score (nSPS) is 20.6. The average Bonchev–Trinajstić information content (AvgIpc) is 2.65. The van der Waals surface area contributed by atoms with E-state index in [-0.39, 0.29) is 24.4 Å². The largest absolute Gasteiger partial charge is 0.466 e. The molecule has 0 N–H and O–H groups in total. The van der Waals surface area contributed by atoms with Crippen molar-refractivity contribution in [1.82, 2.24) is 0 Å². The van der Waals surface area contributed by atoms with Crippen LogP contribution < -0.4 is 0 Å². The van der Waals surface area contributed by atoms with Gasteiger partial charge in [-0.3, -0.25) is 0 Å². The lowest BCUT2D eigenvalue weighted by Gasteiger charge is -2.42. The van der Waals surface area contributed by atoms with E-state index in [9.17, 15) is 4.79 Å². The van der Waals surface area contributed by atoms with Gasteiger partial charge in [-0.25, -0.2) is 14.6 Å². The first kappa shape index (κ1) is 15.1. The molecule has 4 nitrogen and oxygen atoms in total. The third kappa shape index (κ3) is 2.04. The molecule has 2 aromatic rings. The molecule has 122 valence electrons.